The van der Waals surface area contributed by atoms with Crippen molar-refractivity contribution in [2.24, 2.45) is 0 Å². The van der Waals surface area contributed by atoms with Crippen molar-refractivity contribution in [2.75, 3.05) is 11.4 Å². The van der Waals surface area contributed by atoms with Gasteiger partial charge in [0, 0.05) is 23.2 Å². The molecule has 0 aliphatic heterocycles. The second kappa shape index (κ2) is 6.93. The lowest BCUT2D eigenvalue weighted by Crippen LogP contribution is -2.30. The maximum absolute atomic E-state index is 13.1. The Hall–Kier alpha value is -2.53. The summed E-state index contributed by atoms with van der Waals surface area (Å²) in [5, 5.41) is 2.58. The Kier molecular flexibility index (Phi) is 4.71. The average Bonchev–Trinajstić information content (AvgIpc) is 3.08. The molecule has 0 fully saturated rings. The van der Waals surface area contributed by atoms with Crippen LogP contribution in [0, 0.1) is 12.7 Å². The van der Waals surface area contributed by atoms with E-state index in [1.54, 1.807) is 22.4 Å². The van der Waals surface area contributed by atoms with Gasteiger partial charge in [-0.05, 0) is 38.1 Å². The summed E-state index contributed by atoms with van der Waals surface area (Å²) in [5.41, 5.74) is 3.24. The monoisotopic (exact) mass is 340 g/mol. The Morgan fingerprint density at radius 2 is 1.79 bits per heavy atom. The summed E-state index contributed by atoms with van der Waals surface area (Å²) >= 11 is 1.44. The van der Waals surface area contributed by atoms with E-state index in [1.165, 1.54) is 29.0 Å². The molecular weight excluding hydrogens is 323 g/mol. The lowest BCUT2D eigenvalue weighted by atomic mass is 10.2. The third-order valence-corrected chi connectivity index (χ3v) is 4.61. The molecule has 1 aromatic heterocycles. The van der Waals surface area contributed by atoms with Crippen molar-refractivity contribution in [3.05, 3.63) is 71.0 Å². The maximum atomic E-state index is 13.1. The van der Waals surface area contributed by atoms with Crippen molar-refractivity contribution >= 4 is 22.9 Å². The molecule has 0 N–H and O–H groups in total. The first-order chi connectivity index (χ1) is 11.6. The van der Waals surface area contributed by atoms with Crippen LogP contribution < -0.4 is 4.90 Å². The van der Waals surface area contributed by atoms with E-state index in [9.17, 15) is 9.18 Å². The van der Waals surface area contributed by atoms with Crippen LogP contribution in [0.4, 0.5) is 10.1 Å². The number of thiazole rings is 1. The second-order valence-electron chi connectivity index (χ2n) is 5.43. The molecular formula is C19H17FN2OS. The highest BCUT2D eigenvalue weighted by molar-refractivity contribution is 7.13. The van der Waals surface area contributed by atoms with Gasteiger partial charge < -0.3 is 4.90 Å². The highest BCUT2D eigenvalue weighted by atomic mass is 32.1. The molecule has 0 aliphatic carbocycles. The van der Waals surface area contributed by atoms with Crippen molar-refractivity contribution in [2.45, 2.75) is 13.8 Å². The molecule has 3 aromatic rings. The quantitative estimate of drug-likeness (QED) is 0.675. The first-order valence-electron chi connectivity index (χ1n) is 7.68. The summed E-state index contributed by atoms with van der Waals surface area (Å²) in [6.07, 6.45) is 0. The zero-order valence-electron chi connectivity index (χ0n) is 13.5. The Balaban J connectivity index is 1.86. The molecule has 0 aliphatic rings. The van der Waals surface area contributed by atoms with Gasteiger partial charge in [-0.25, -0.2) is 9.37 Å². The first-order valence-corrected chi connectivity index (χ1v) is 8.56. The van der Waals surface area contributed by atoms with Crippen molar-refractivity contribution in [3.63, 3.8) is 0 Å². The van der Waals surface area contributed by atoms with E-state index >= 15 is 0 Å². The number of anilines is 1. The summed E-state index contributed by atoms with van der Waals surface area (Å²) in [4.78, 5) is 18.8. The number of halogens is 1. The summed E-state index contributed by atoms with van der Waals surface area (Å²) in [6, 6.07) is 14.0. The highest BCUT2D eigenvalue weighted by Crippen LogP contribution is 2.25. The third kappa shape index (κ3) is 3.36. The van der Waals surface area contributed by atoms with Crippen molar-refractivity contribution in [3.8, 4) is 10.6 Å². The molecule has 24 heavy (non-hydrogen) atoms. The highest BCUT2D eigenvalue weighted by Gasteiger charge is 2.19. The summed E-state index contributed by atoms with van der Waals surface area (Å²) in [6.45, 7) is 4.40. The van der Waals surface area contributed by atoms with Crippen LogP contribution in [0.3, 0.4) is 0 Å². The van der Waals surface area contributed by atoms with E-state index in [0.717, 1.165) is 10.6 Å². The fourth-order valence-electron chi connectivity index (χ4n) is 2.40. The first kappa shape index (κ1) is 16.3. The molecule has 0 bridgehead atoms. The van der Waals surface area contributed by atoms with Gasteiger partial charge in [-0.1, -0.05) is 29.8 Å². The van der Waals surface area contributed by atoms with Crippen LogP contribution in [-0.4, -0.2) is 17.4 Å². The minimum atomic E-state index is -0.322. The van der Waals surface area contributed by atoms with Crippen molar-refractivity contribution in [1.82, 2.24) is 4.98 Å². The number of carbonyl (C=O) groups is 1. The van der Waals surface area contributed by atoms with Gasteiger partial charge in [-0.2, -0.15) is 0 Å². The molecule has 1 amide bonds. The molecule has 3 nitrogen and oxygen atoms in total. The summed E-state index contributed by atoms with van der Waals surface area (Å²) in [7, 11) is 0. The number of rotatable bonds is 4. The summed E-state index contributed by atoms with van der Waals surface area (Å²) in [5.74, 6) is -0.503. The van der Waals surface area contributed by atoms with E-state index in [0.29, 0.717) is 17.9 Å². The van der Waals surface area contributed by atoms with Crippen LogP contribution >= 0.6 is 11.3 Å². The van der Waals surface area contributed by atoms with Gasteiger partial charge in [-0.3, -0.25) is 4.79 Å². The van der Waals surface area contributed by atoms with Crippen LogP contribution in [0.2, 0.25) is 0 Å². The van der Waals surface area contributed by atoms with E-state index in [-0.39, 0.29) is 11.7 Å². The maximum Gasteiger partial charge on any atom is 0.277 e. The Bertz CT molecular complexity index is 841. The number of hydrogen-bond donors (Lipinski definition) is 0. The molecule has 0 radical (unpaired) electrons. The number of hydrogen-bond acceptors (Lipinski definition) is 3. The standard InChI is InChI=1S/C19H17FN2OS/c1-3-22(16-10-8-15(20)9-11-16)19(23)17-12-24-18(21-17)14-6-4-13(2)5-7-14/h4-12H,3H2,1-2H3. The Labute approximate surface area is 144 Å². The molecule has 0 spiro atoms. The van der Waals surface area contributed by atoms with E-state index < -0.39 is 0 Å². The molecule has 0 saturated carbocycles. The molecule has 122 valence electrons. The smallest absolute Gasteiger partial charge is 0.277 e. The van der Waals surface area contributed by atoms with E-state index in [4.69, 9.17) is 0 Å². The minimum Gasteiger partial charge on any atom is -0.307 e. The topological polar surface area (TPSA) is 33.2 Å². The number of benzene rings is 2. The minimum absolute atomic E-state index is 0.182. The van der Waals surface area contributed by atoms with Gasteiger partial charge >= 0.3 is 0 Å². The Morgan fingerprint density at radius 3 is 2.42 bits per heavy atom. The van der Waals surface area contributed by atoms with Crippen LogP contribution in [0.1, 0.15) is 23.0 Å². The van der Waals surface area contributed by atoms with Crippen LogP contribution in [0.5, 0.6) is 0 Å². The molecule has 0 atom stereocenters. The molecule has 5 heteroatoms. The second-order valence-corrected chi connectivity index (χ2v) is 6.29. The zero-order valence-corrected chi connectivity index (χ0v) is 14.3. The normalized spacial score (nSPS) is 10.6. The van der Waals surface area contributed by atoms with Crippen molar-refractivity contribution < 1.29 is 9.18 Å². The SMILES string of the molecule is CCN(C(=O)c1csc(-c2ccc(C)cc2)n1)c1ccc(F)cc1. The lowest BCUT2D eigenvalue weighted by molar-refractivity contribution is 0.0984. The third-order valence-electron chi connectivity index (χ3n) is 3.72. The van der Waals surface area contributed by atoms with Gasteiger partial charge in [0.1, 0.15) is 16.5 Å². The Morgan fingerprint density at radius 1 is 1.12 bits per heavy atom. The van der Waals surface area contributed by atoms with Gasteiger partial charge in [0.25, 0.3) is 5.91 Å². The fraction of sp³-hybridized carbons (Fsp3) is 0.158. The van der Waals surface area contributed by atoms with Gasteiger partial charge in [0.05, 0.1) is 0 Å². The molecule has 0 saturated heterocycles. The van der Waals surface area contributed by atoms with Crippen LogP contribution in [0.25, 0.3) is 10.6 Å². The molecule has 3 rings (SSSR count). The van der Waals surface area contributed by atoms with E-state index in [1.807, 2.05) is 38.1 Å². The van der Waals surface area contributed by atoms with Gasteiger partial charge in [0.2, 0.25) is 0 Å². The largest absolute Gasteiger partial charge is 0.307 e. The predicted molar refractivity (Wildman–Crippen MR) is 96.0 cm³/mol. The lowest BCUT2D eigenvalue weighted by Gasteiger charge is -2.19. The molecule has 1 heterocycles. The molecule has 2 aromatic carbocycles. The van der Waals surface area contributed by atoms with Crippen LogP contribution in [-0.2, 0) is 0 Å². The van der Waals surface area contributed by atoms with Crippen molar-refractivity contribution in [1.29, 1.82) is 0 Å². The number of nitrogens with zero attached hydrogens (tertiary/aromatic N) is 2. The zero-order chi connectivity index (χ0) is 17.1. The number of aromatic nitrogens is 1. The van der Waals surface area contributed by atoms with Crippen LogP contribution in [0.15, 0.2) is 53.9 Å². The number of amides is 1. The summed E-state index contributed by atoms with van der Waals surface area (Å²) < 4.78 is 13.1. The number of aryl methyl sites for hydroxylation is 1. The predicted octanol–water partition coefficient (Wildman–Crippen LogP) is 4.92. The van der Waals surface area contributed by atoms with Gasteiger partial charge in [-0.15, -0.1) is 11.3 Å². The van der Waals surface area contributed by atoms with Gasteiger partial charge in [0.15, 0.2) is 0 Å². The fourth-order valence-corrected chi connectivity index (χ4v) is 3.20. The van der Waals surface area contributed by atoms with E-state index in [2.05, 4.69) is 4.98 Å². The molecule has 0 unspecified atom stereocenters. The number of carbonyl (C=O) groups excluding carboxylic acids is 1. The average molecular weight is 340 g/mol.